The molecule has 2 rings (SSSR count). The van der Waals surface area contributed by atoms with Crippen molar-refractivity contribution in [3.8, 4) is 11.1 Å². The molecule has 0 amide bonds. The zero-order valence-corrected chi connectivity index (χ0v) is 12.6. The summed E-state index contributed by atoms with van der Waals surface area (Å²) < 4.78 is 0. The van der Waals surface area contributed by atoms with Crippen molar-refractivity contribution in [1.82, 2.24) is 0 Å². The van der Waals surface area contributed by atoms with Gasteiger partial charge in [0.15, 0.2) is 5.78 Å². The van der Waals surface area contributed by atoms with Gasteiger partial charge in [-0.1, -0.05) is 81.3 Å². The number of ketones is 1. The predicted molar refractivity (Wildman–Crippen MR) is 86.3 cm³/mol. The number of carbonyl (C=O) groups excluding carboxylic acids is 1. The molecule has 0 bridgehead atoms. The number of aliphatic hydroxyl groups excluding tert-OH is 1. The highest BCUT2D eigenvalue weighted by atomic mass is 16.3. The molecule has 1 N–H and O–H groups in total. The van der Waals surface area contributed by atoms with Gasteiger partial charge in [-0.05, 0) is 17.0 Å². The Morgan fingerprint density at radius 2 is 1.43 bits per heavy atom. The van der Waals surface area contributed by atoms with Crippen molar-refractivity contribution in [2.45, 2.75) is 32.8 Å². The van der Waals surface area contributed by atoms with E-state index < -0.39 is 6.10 Å². The van der Waals surface area contributed by atoms with Crippen molar-refractivity contribution < 1.29 is 9.90 Å². The Morgan fingerprint density at radius 1 is 0.905 bits per heavy atom. The molecule has 0 saturated carbocycles. The molecule has 2 heteroatoms. The first kappa shape index (κ1) is 15.5. The molecule has 0 aromatic heterocycles. The van der Waals surface area contributed by atoms with E-state index in [1.165, 1.54) is 0 Å². The third-order valence-electron chi connectivity index (χ3n) is 4.04. The van der Waals surface area contributed by atoms with Gasteiger partial charge in [0.05, 0.1) is 0 Å². The van der Waals surface area contributed by atoms with Crippen LogP contribution in [-0.4, -0.2) is 17.0 Å². The Labute approximate surface area is 126 Å². The summed E-state index contributed by atoms with van der Waals surface area (Å²) in [5, 5.41) is 10.2. The summed E-state index contributed by atoms with van der Waals surface area (Å²) in [6.45, 7) is 4.01. The van der Waals surface area contributed by atoms with Gasteiger partial charge in [0.1, 0.15) is 6.10 Å². The standard InChI is InChI=1S/C19H22O2/c1-3-14(4-2)18(20)19(21)17-12-10-16(11-13-17)15-8-6-5-7-9-15/h5-14,18,20H,3-4H2,1-2H3. The number of rotatable bonds is 6. The number of benzene rings is 2. The fourth-order valence-corrected chi connectivity index (χ4v) is 2.58. The summed E-state index contributed by atoms with van der Waals surface area (Å²) in [5.41, 5.74) is 2.77. The van der Waals surface area contributed by atoms with E-state index >= 15 is 0 Å². The van der Waals surface area contributed by atoms with Crippen LogP contribution in [0.1, 0.15) is 37.0 Å². The summed E-state index contributed by atoms with van der Waals surface area (Å²) in [6.07, 6.45) is 0.722. The average Bonchev–Trinajstić information content (AvgIpc) is 2.56. The molecule has 0 heterocycles. The van der Waals surface area contributed by atoms with Gasteiger partial charge in [0.25, 0.3) is 0 Å². The Bertz CT molecular complexity index is 568. The highest BCUT2D eigenvalue weighted by Crippen LogP contribution is 2.22. The van der Waals surface area contributed by atoms with Crippen molar-refractivity contribution >= 4 is 5.78 Å². The largest absolute Gasteiger partial charge is 0.385 e. The Hall–Kier alpha value is -1.93. The van der Waals surface area contributed by atoms with Gasteiger partial charge >= 0.3 is 0 Å². The van der Waals surface area contributed by atoms with Crippen molar-refractivity contribution in [1.29, 1.82) is 0 Å². The van der Waals surface area contributed by atoms with E-state index in [0.717, 1.165) is 24.0 Å². The minimum atomic E-state index is -0.900. The van der Waals surface area contributed by atoms with Crippen molar-refractivity contribution in [2.24, 2.45) is 5.92 Å². The van der Waals surface area contributed by atoms with Crippen molar-refractivity contribution in [3.05, 3.63) is 60.2 Å². The predicted octanol–water partition coefficient (Wildman–Crippen LogP) is 4.33. The molecule has 21 heavy (non-hydrogen) atoms. The van der Waals surface area contributed by atoms with Crippen LogP contribution in [0.5, 0.6) is 0 Å². The van der Waals surface area contributed by atoms with E-state index in [1.54, 1.807) is 12.1 Å². The Balaban J connectivity index is 2.17. The summed E-state index contributed by atoms with van der Waals surface area (Å²) in [4.78, 5) is 12.3. The molecule has 1 unspecified atom stereocenters. The summed E-state index contributed by atoms with van der Waals surface area (Å²) in [6, 6.07) is 17.5. The van der Waals surface area contributed by atoms with Gasteiger partial charge < -0.3 is 5.11 Å². The monoisotopic (exact) mass is 282 g/mol. The first-order valence-electron chi connectivity index (χ1n) is 7.55. The van der Waals surface area contributed by atoms with E-state index in [4.69, 9.17) is 0 Å². The van der Waals surface area contributed by atoms with Gasteiger partial charge in [0, 0.05) is 5.56 Å². The summed E-state index contributed by atoms with van der Waals surface area (Å²) in [5.74, 6) is -0.144. The summed E-state index contributed by atoms with van der Waals surface area (Å²) in [7, 11) is 0. The maximum absolute atomic E-state index is 12.3. The lowest BCUT2D eigenvalue weighted by Gasteiger charge is -2.18. The van der Waals surface area contributed by atoms with E-state index in [2.05, 4.69) is 0 Å². The Morgan fingerprint density at radius 3 is 1.95 bits per heavy atom. The lowest BCUT2D eigenvalue weighted by Crippen LogP contribution is -2.28. The van der Waals surface area contributed by atoms with Crippen LogP contribution in [0.15, 0.2) is 54.6 Å². The first-order valence-corrected chi connectivity index (χ1v) is 7.55. The van der Waals surface area contributed by atoms with Crippen LogP contribution >= 0.6 is 0 Å². The van der Waals surface area contributed by atoms with Crippen molar-refractivity contribution in [2.75, 3.05) is 0 Å². The molecule has 2 nitrogen and oxygen atoms in total. The molecular weight excluding hydrogens is 260 g/mol. The van der Waals surface area contributed by atoms with Crippen LogP contribution in [0, 0.1) is 5.92 Å². The van der Waals surface area contributed by atoms with Gasteiger partial charge in [-0.15, -0.1) is 0 Å². The minimum Gasteiger partial charge on any atom is -0.385 e. The topological polar surface area (TPSA) is 37.3 Å². The van der Waals surface area contributed by atoms with Crippen LogP contribution in [0.25, 0.3) is 11.1 Å². The molecule has 0 aliphatic carbocycles. The second-order valence-electron chi connectivity index (χ2n) is 5.33. The maximum Gasteiger partial charge on any atom is 0.191 e. The third-order valence-corrected chi connectivity index (χ3v) is 4.04. The number of aliphatic hydroxyl groups is 1. The van der Waals surface area contributed by atoms with E-state index in [1.807, 2.05) is 56.3 Å². The SMILES string of the molecule is CCC(CC)C(O)C(=O)c1ccc(-c2ccccc2)cc1. The molecular formula is C19H22O2. The normalized spacial score (nSPS) is 12.4. The minimum absolute atomic E-state index is 0.0336. The average molecular weight is 282 g/mol. The number of carbonyl (C=O) groups is 1. The fourth-order valence-electron chi connectivity index (χ4n) is 2.58. The molecule has 110 valence electrons. The Kier molecular flexibility index (Phi) is 5.29. The summed E-state index contributed by atoms with van der Waals surface area (Å²) >= 11 is 0. The van der Waals surface area contributed by atoms with Gasteiger partial charge in [0.2, 0.25) is 0 Å². The lowest BCUT2D eigenvalue weighted by molar-refractivity contribution is 0.0588. The molecule has 0 spiro atoms. The lowest BCUT2D eigenvalue weighted by atomic mass is 9.90. The number of hydrogen-bond acceptors (Lipinski definition) is 2. The van der Waals surface area contributed by atoms with E-state index in [0.29, 0.717) is 5.56 Å². The molecule has 0 aliphatic rings. The first-order chi connectivity index (χ1) is 10.2. The maximum atomic E-state index is 12.3. The van der Waals surface area contributed by atoms with Crippen LogP contribution in [0.4, 0.5) is 0 Å². The van der Waals surface area contributed by atoms with Crippen molar-refractivity contribution in [3.63, 3.8) is 0 Å². The third kappa shape index (κ3) is 3.59. The zero-order valence-electron chi connectivity index (χ0n) is 12.6. The van der Waals surface area contributed by atoms with Crippen LogP contribution in [0.2, 0.25) is 0 Å². The molecule has 0 aliphatic heterocycles. The van der Waals surface area contributed by atoms with E-state index in [9.17, 15) is 9.90 Å². The molecule has 2 aromatic carbocycles. The highest BCUT2D eigenvalue weighted by Gasteiger charge is 2.24. The molecule has 2 aromatic rings. The molecule has 0 fully saturated rings. The van der Waals surface area contributed by atoms with Gasteiger partial charge in [-0.2, -0.15) is 0 Å². The van der Waals surface area contributed by atoms with Crippen LogP contribution in [0.3, 0.4) is 0 Å². The van der Waals surface area contributed by atoms with Gasteiger partial charge in [-0.25, -0.2) is 0 Å². The molecule has 0 radical (unpaired) electrons. The molecule has 1 atom stereocenters. The van der Waals surface area contributed by atoms with Crippen LogP contribution < -0.4 is 0 Å². The van der Waals surface area contributed by atoms with Crippen LogP contribution in [-0.2, 0) is 0 Å². The van der Waals surface area contributed by atoms with Gasteiger partial charge in [-0.3, -0.25) is 4.79 Å². The number of hydrogen-bond donors (Lipinski definition) is 1. The molecule has 0 saturated heterocycles. The second kappa shape index (κ2) is 7.19. The zero-order chi connectivity index (χ0) is 15.2. The smallest absolute Gasteiger partial charge is 0.191 e. The highest BCUT2D eigenvalue weighted by molar-refractivity contribution is 5.99. The number of Topliss-reactive ketones (excluding diaryl/α,β-unsaturated/α-hetero) is 1. The second-order valence-corrected chi connectivity index (χ2v) is 5.33. The van der Waals surface area contributed by atoms with E-state index in [-0.39, 0.29) is 11.7 Å². The fraction of sp³-hybridized carbons (Fsp3) is 0.316. The quantitative estimate of drug-likeness (QED) is 0.800.